The third-order valence-corrected chi connectivity index (χ3v) is 3.85. The van der Waals surface area contributed by atoms with Gasteiger partial charge in [0.05, 0.1) is 17.0 Å². The number of ether oxygens (including phenoxy) is 1. The van der Waals surface area contributed by atoms with Crippen molar-refractivity contribution in [3.05, 3.63) is 34.9 Å². The van der Waals surface area contributed by atoms with Crippen LogP contribution in [0.25, 0.3) is 0 Å². The molecule has 0 spiro atoms. The molecule has 0 aliphatic heterocycles. The maximum Gasteiger partial charge on any atom is 0.338 e. The molecule has 0 aromatic heterocycles. The number of carbonyl (C=O) groups excluding carboxylic acids is 2. The molecular formula is C13H14BrClO3. The first-order valence-corrected chi connectivity index (χ1v) is 6.96. The second-order valence-electron chi connectivity index (χ2n) is 3.74. The molecule has 1 aromatic carbocycles. The molecule has 18 heavy (non-hydrogen) atoms. The number of ketones is 1. The number of Topliss-reactive ketones (excluding diaryl/α,β-unsaturated/α-hetero) is 1. The normalized spacial score (nSPS) is 12.0. The van der Waals surface area contributed by atoms with Gasteiger partial charge in [-0.15, -0.1) is 11.6 Å². The number of hydrogen-bond donors (Lipinski definition) is 0. The summed E-state index contributed by atoms with van der Waals surface area (Å²) < 4.78 is 4.91. The van der Waals surface area contributed by atoms with Crippen molar-refractivity contribution in [2.24, 2.45) is 0 Å². The number of hydrogen-bond acceptors (Lipinski definition) is 3. The van der Waals surface area contributed by atoms with E-state index in [0.29, 0.717) is 12.2 Å². The van der Waals surface area contributed by atoms with Gasteiger partial charge < -0.3 is 4.74 Å². The third-order valence-electron chi connectivity index (χ3n) is 2.43. The lowest BCUT2D eigenvalue weighted by Crippen LogP contribution is -2.08. The Balaban J connectivity index is 3.11. The van der Waals surface area contributed by atoms with Gasteiger partial charge in [-0.25, -0.2) is 4.79 Å². The van der Waals surface area contributed by atoms with E-state index in [9.17, 15) is 9.59 Å². The van der Waals surface area contributed by atoms with Crippen LogP contribution in [0.5, 0.6) is 0 Å². The topological polar surface area (TPSA) is 43.4 Å². The van der Waals surface area contributed by atoms with Crippen molar-refractivity contribution in [3.8, 4) is 0 Å². The molecule has 0 saturated carbocycles. The van der Waals surface area contributed by atoms with Crippen molar-refractivity contribution < 1.29 is 14.3 Å². The smallest absolute Gasteiger partial charge is 0.338 e. The van der Waals surface area contributed by atoms with Gasteiger partial charge in [-0.1, -0.05) is 22.0 Å². The van der Waals surface area contributed by atoms with Gasteiger partial charge in [-0.2, -0.15) is 0 Å². The van der Waals surface area contributed by atoms with Crippen molar-refractivity contribution in [1.82, 2.24) is 0 Å². The molecule has 5 heteroatoms. The molecule has 0 heterocycles. The SMILES string of the molecule is CCOC(=O)c1ccc(C(Br)C(C)=O)c(CCl)c1. The van der Waals surface area contributed by atoms with Crippen LogP contribution in [0.15, 0.2) is 18.2 Å². The van der Waals surface area contributed by atoms with Gasteiger partial charge in [-0.05, 0) is 37.1 Å². The fourth-order valence-electron chi connectivity index (χ4n) is 1.53. The summed E-state index contributed by atoms with van der Waals surface area (Å²) in [4.78, 5) is 22.5. The highest BCUT2D eigenvalue weighted by atomic mass is 79.9. The van der Waals surface area contributed by atoms with Gasteiger partial charge >= 0.3 is 5.97 Å². The first-order chi connectivity index (χ1) is 8.51. The molecule has 1 aromatic rings. The first-order valence-electron chi connectivity index (χ1n) is 5.51. The Kier molecular flexibility index (Phi) is 5.82. The molecule has 0 fully saturated rings. The van der Waals surface area contributed by atoms with Crippen LogP contribution in [0.3, 0.4) is 0 Å². The van der Waals surface area contributed by atoms with Gasteiger partial charge in [-0.3, -0.25) is 4.79 Å². The monoisotopic (exact) mass is 332 g/mol. The van der Waals surface area contributed by atoms with E-state index in [2.05, 4.69) is 15.9 Å². The van der Waals surface area contributed by atoms with E-state index in [4.69, 9.17) is 16.3 Å². The Hall–Kier alpha value is -0.870. The van der Waals surface area contributed by atoms with Crippen LogP contribution in [0.4, 0.5) is 0 Å². The van der Waals surface area contributed by atoms with Gasteiger partial charge in [0, 0.05) is 5.88 Å². The molecule has 0 aliphatic carbocycles. The Labute approximate surface area is 120 Å². The molecule has 0 N–H and O–H groups in total. The fraction of sp³-hybridized carbons (Fsp3) is 0.385. The van der Waals surface area contributed by atoms with Gasteiger partial charge in [0.1, 0.15) is 5.78 Å². The fourth-order valence-corrected chi connectivity index (χ4v) is 2.21. The minimum atomic E-state index is -0.400. The molecule has 0 radical (unpaired) electrons. The largest absolute Gasteiger partial charge is 0.462 e. The number of carbonyl (C=O) groups is 2. The number of esters is 1. The second kappa shape index (κ2) is 6.90. The zero-order valence-corrected chi connectivity index (χ0v) is 12.5. The minimum Gasteiger partial charge on any atom is -0.462 e. The van der Waals surface area contributed by atoms with Crippen LogP contribution in [0, 0.1) is 0 Å². The zero-order chi connectivity index (χ0) is 13.7. The number of rotatable bonds is 5. The predicted molar refractivity (Wildman–Crippen MR) is 74.3 cm³/mol. The predicted octanol–water partition coefficient (Wildman–Crippen LogP) is 3.63. The molecular weight excluding hydrogens is 319 g/mol. The highest BCUT2D eigenvalue weighted by Gasteiger charge is 2.18. The number of halogens is 2. The Morgan fingerprint density at radius 2 is 2.11 bits per heavy atom. The molecule has 0 saturated heterocycles. The average molecular weight is 334 g/mol. The van der Waals surface area contributed by atoms with Gasteiger partial charge in [0.2, 0.25) is 0 Å². The maximum atomic E-state index is 11.6. The lowest BCUT2D eigenvalue weighted by atomic mass is 10.0. The summed E-state index contributed by atoms with van der Waals surface area (Å²) in [5.41, 5.74) is 1.98. The van der Waals surface area contributed by atoms with Crippen LogP contribution in [-0.2, 0) is 15.4 Å². The molecule has 1 atom stereocenters. The van der Waals surface area contributed by atoms with Crippen molar-refractivity contribution in [2.45, 2.75) is 24.6 Å². The summed E-state index contributed by atoms with van der Waals surface area (Å²) in [6.45, 7) is 3.57. The Bertz CT molecular complexity index is 460. The standard InChI is InChI=1S/C13H14BrClO3/c1-3-18-13(17)9-4-5-11(10(6-9)7-15)12(14)8(2)16/h4-6,12H,3,7H2,1-2H3. The number of benzene rings is 1. The van der Waals surface area contributed by atoms with Gasteiger partial charge in [0.25, 0.3) is 0 Å². The van der Waals surface area contributed by atoms with E-state index < -0.39 is 4.83 Å². The highest BCUT2D eigenvalue weighted by Crippen LogP contribution is 2.28. The summed E-state index contributed by atoms with van der Waals surface area (Å²) in [5, 5.41) is 0. The van der Waals surface area contributed by atoms with E-state index in [1.807, 2.05) is 0 Å². The van der Waals surface area contributed by atoms with E-state index >= 15 is 0 Å². The quantitative estimate of drug-likeness (QED) is 0.610. The summed E-state index contributed by atoms with van der Waals surface area (Å²) in [6.07, 6.45) is 0. The van der Waals surface area contributed by atoms with Crippen LogP contribution in [0.1, 0.15) is 40.2 Å². The summed E-state index contributed by atoms with van der Waals surface area (Å²) in [5.74, 6) is -0.160. The minimum absolute atomic E-state index is 0.00903. The van der Waals surface area contributed by atoms with Crippen LogP contribution in [0.2, 0.25) is 0 Å². The first kappa shape index (κ1) is 15.2. The van der Waals surface area contributed by atoms with Crippen LogP contribution < -0.4 is 0 Å². The van der Waals surface area contributed by atoms with Crippen molar-refractivity contribution in [1.29, 1.82) is 0 Å². The molecule has 3 nitrogen and oxygen atoms in total. The van der Waals surface area contributed by atoms with Crippen molar-refractivity contribution >= 4 is 39.3 Å². The maximum absolute atomic E-state index is 11.6. The molecule has 0 bridgehead atoms. The molecule has 1 rings (SSSR count). The summed E-state index contributed by atoms with van der Waals surface area (Å²) >= 11 is 9.16. The van der Waals surface area contributed by atoms with Crippen molar-refractivity contribution in [2.75, 3.05) is 6.61 Å². The molecule has 98 valence electrons. The lowest BCUT2D eigenvalue weighted by molar-refractivity contribution is -0.116. The van der Waals surface area contributed by atoms with E-state index in [1.165, 1.54) is 6.92 Å². The summed E-state index contributed by atoms with van der Waals surface area (Å²) in [7, 11) is 0. The third kappa shape index (κ3) is 3.56. The Morgan fingerprint density at radius 3 is 2.61 bits per heavy atom. The van der Waals surface area contributed by atoms with Crippen molar-refractivity contribution in [3.63, 3.8) is 0 Å². The zero-order valence-electron chi connectivity index (χ0n) is 10.2. The van der Waals surface area contributed by atoms with Gasteiger partial charge in [0.15, 0.2) is 0 Å². The van der Waals surface area contributed by atoms with E-state index in [0.717, 1.165) is 11.1 Å². The lowest BCUT2D eigenvalue weighted by Gasteiger charge is -2.12. The molecule has 1 unspecified atom stereocenters. The van der Waals surface area contributed by atoms with E-state index in [1.54, 1.807) is 25.1 Å². The number of alkyl halides is 2. The average Bonchev–Trinajstić information content (AvgIpc) is 2.37. The van der Waals surface area contributed by atoms with Crippen LogP contribution >= 0.6 is 27.5 Å². The van der Waals surface area contributed by atoms with E-state index in [-0.39, 0.29) is 17.6 Å². The summed E-state index contributed by atoms with van der Waals surface area (Å²) in [6, 6.07) is 5.03. The molecule has 0 aliphatic rings. The second-order valence-corrected chi connectivity index (χ2v) is 4.92. The highest BCUT2D eigenvalue weighted by molar-refractivity contribution is 9.09. The Morgan fingerprint density at radius 1 is 1.44 bits per heavy atom. The van der Waals surface area contributed by atoms with Crippen LogP contribution in [-0.4, -0.2) is 18.4 Å². The molecule has 0 amide bonds.